The van der Waals surface area contributed by atoms with Gasteiger partial charge in [-0.15, -0.1) is 0 Å². The van der Waals surface area contributed by atoms with Crippen LogP contribution in [0.5, 0.6) is 5.75 Å². The molecule has 0 heterocycles. The Balaban J connectivity index is 1.81. The molecule has 142 valence electrons. The molecule has 6 nitrogen and oxygen atoms in total. The first-order valence-electron chi connectivity index (χ1n) is 8.83. The average molecular weight is 376 g/mol. The highest BCUT2D eigenvalue weighted by Crippen LogP contribution is 2.29. The van der Waals surface area contributed by atoms with Crippen molar-refractivity contribution in [3.05, 3.63) is 84.9 Å². The predicted octanol–water partition coefficient (Wildman–Crippen LogP) is 5.59. The first kappa shape index (κ1) is 19.0. The summed E-state index contributed by atoms with van der Waals surface area (Å²) in [6, 6.07) is 24.8. The van der Waals surface area contributed by atoms with Crippen molar-refractivity contribution in [3.8, 4) is 5.75 Å². The number of nitrogens with one attached hydrogen (secondary N) is 1. The molecule has 0 radical (unpaired) electrons. The van der Waals surface area contributed by atoms with Gasteiger partial charge in [0.25, 0.3) is 0 Å². The molecule has 0 fully saturated rings. The van der Waals surface area contributed by atoms with Gasteiger partial charge in [0.2, 0.25) is 0 Å². The number of rotatable bonds is 5. The lowest BCUT2D eigenvalue weighted by atomic mass is 10.2. The van der Waals surface area contributed by atoms with Crippen LogP contribution in [0.4, 0.5) is 26.7 Å². The van der Waals surface area contributed by atoms with Crippen molar-refractivity contribution in [1.82, 2.24) is 0 Å². The number of para-hydroxylation sites is 2. The largest absolute Gasteiger partial charge is 0.449 e. The van der Waals surface area contributed by atoms with E-state index >= 15 is 0 Å². The zero-order chi connectivity index (χ0) is 19.8. The maximum absolute atomic E-state index is 12.5. The fourth-order valence-electron chi connectivity index (χ4n) is 2.58. The summed E-state index contributed by atoms with van der Waals surface area (Å²) in [6.45, 7) is 1.99. The lowest BCUT2D eigenvalue weighted by Crippen LogP contribution is -2.26. The number of carbonyl (C=O) groups is 2. The summed E-state index contributed by atoms with van der Waals surface area (Å²) in [6.07, 6.45) is -1.13. The summed E-state index contributed by atoms with van der Waals surface area (Å²) in [5.74, 6) is 0.302. The molecule has 28 heavy (non-hydrogen) atoms. The van der Waals surface area contributed by atoms with Crippen molar-refractivity contribution in [2.75, 3.05) is 16.8 Å². The molecule has 3 aromatic rings. The molecule has 6 heteroatoms. The Morgan fingerprint density at radius 1 is 0.857 bits per heavy atom. The maximum atomic E-state index is 12.5. The van der Waals surface area contributed by atoms with E-state index in [1.807, 2.05) is 36.4 Å². The van der Waals surface area contributed by atoms with Gasteiger partial charge >= 0.3 is 12.2 Å². The second-order valence-corrected chi connectivity index (χ2v) is 5.75. The molecule has 0 unspecified atom stereocenters. The van der Waals surface area contributed by atoms with Crippen LogP contribution in [0.3, 0.4) is 0 Å². The van der Waals surface area contributed by atoms with Crippen molar-refractivity contribution < 1.29 is 19.1 Å². The van der Waals surface area contributed by atoms with E-state index in [2.05, 4.69) is 5.32 Å². The van der Waals surface area contributed by atoms with Crippen molar-refractivity contribution >= 4 is 29.2 Å². The minimum Gasteiger partial charge on any atom is -0.449 e. The van der Waals surface area contributed by atoms with E-state index in [9.17, 15) is 9.59 Å². The van der Waals surface area contributed by atoms with Gasteiger partial charge in [0.05, 0.1) is 18.0 Å². The quantitative estimate of drug-likeness (QED) is 0.630. The van der Waals surface area contributed by atoms with Gasteiger partial charge in [-0.25, -0.2) is 14.5 Å². The number of hydrogen-bond donors (Lipinski definition) is 1. The number of ether oxygens (including phenoxy) is 2. The first-order chi connectivity index (χ1) is 13.7. The topological polar surface area (TPSA) is 67.9 Å². The van der Waals surface area contributed by atoms with E-state index in [0.717, 1.165) is 0 Å². The molecule has 0 saturated carbocycles. The van der Waals surface area contributed by atoms with Crippen LogP contribution in [0.1, 0.15) is 6.92 Å². The summed E-state index contributed by atoms with van der Waals surface area (Å²) in [5, 5.41) is 2.65. The zero-order valence-corrected chi connectivity index (χ0v) is 15.4. The zero-order valence-electron chi connectivity index (χ0n) is 15.4. The Kier molecular flexibility index (Phi) is 6.25. The number of hydrogen-bond acceptors (Lipinski definition) is 4. The molecule has 0 aliphatic rings. The molecule has 0 saturated heterocycles. The highest BCUT2D eigenvalue weighted by Gasteiger charge is 2.20. The van der Waals surface area contributed by atoms with Gasteiger partial charge in [0, 0.05) is 11.8 Å². The number of nitrogens with zero attached hydrogens (tertiary/aromatic N) is 1. The molecule has 2 amide bonds. The summed E-state index contributed by atoms with van der Waals surface area (Å²) >= 11 is 0. The third-order valence-corrected chi connectivity index (χ3v) is 3.77. The molecule has 0 aliphatic heterocycles. The molecule has 0 atom stereocenters. The van der Waals surface area contributed by atoms with Crippen LogP contribution < -0.4 is 15.0 Å². The Bertz CT molecular complexity index is 930. The van der Waals surface area contributed by atoms with Crippen LogP contribution in [-0.4, -0.2) is 18.8 Å². The fraction of sp³-hybridized carbons (Fsp3) is 0.0909. The van der Waals surface area contributed by atoms with Crippen LogP contribution >= 0.6 is 0 Å². The second-order valence-electron chi connectivity index (χ2n) is 5.75. The smallest absolute Gasteiger partial charge is 0.418 e. The third-order valence-electron chi connectivity index (χ3n) is 3.77. The van der Waals surface area contributed by atoms with E-state index in [4.69, 9.17) is 9.47 Å². The summed E-state index contributed by atoms with van der Waals surface area (Å²) in [4.78, 5) is 26.1. The number of anilines is 3. The van der Waals surface area contributed by atoms with Crippen LogP contribution in [0, 0.1) is 0 Å². The maximum Gasteiger partial charge on any atom is 0.418 e. The number of carbonyl (C=O) groups excluding carboxylic acids is 2. The molecule has 0 aliphatic carbocycles. The molecule has 0 spiro atoms. The van der Waals surface area contributed by atoms with Gasteiger partial charge in [-0.2, -0.15) is 0 Å². The molecular formula is C22H20N2O4. The lowest BCUT2D eigenvalue weighted by molar-refractivity contribution is 0.162. The Morgan fingerprint density at radius 3 is 2.18 bits per heavy atom. The normalized spacial score (nSPS) is 10.0. The van der Waals surface area contributed by atoms with Gasteiger partial charge in [0.15, 0.2) is 0 Å². The molecule has 3 rings (SSSR count). The number of benzene rings is 3. The monoisotopic (exact) mass is 376 g/mol. The second kappa shape index (κ2) is 9.23. The molecular weight excluding hydrogens is 356 g/mol. The van der Waals surface area contributed by atoms with E-state index in [1.165, 1.54) is 4.90 Å². The highest BCUT2D eigenvalue weighted by atomic mass is 16.6. The lowest BCUT2D eigenvalue weighted by Gasteiger charge is -2.22. The fourth-order valence-corrected chi connectivity index (χ4v) is 2.58. The van der Waals surface area contributed by atoms with Crippen molar-refractivity contribution in [2.24, 2.45) is 0 Å². The van der Waals surface area contributed by atoms with Crippen LogP contribution in [0.15, 0.2) is 84.9 Å². The molecule has 0 aromatic heterocycles. The summed E-state index contributed by atoms with van der Waals surface area (Å²) in [5.41, 5.74) is 1.79. The third kappa shape index (κ3) is 4.88. The SMILES string of the molecule is CCOC(=O)N(c1ccccc1)c1cccc(OC(=O)Nc2ccccc2)c1. The van der Waals surface area contributed by atoms with Crippen LogP contribution in [0.2, 0.25) is 0 Å². The van der Waals surface area contributed by atoms with Gasteiger partial charge < -0.3 is 9.47 Å². The minimum atomic E-state index is -0.620. The van der Waals surface area contributed by atoms with E-state index in [-0.39, 0.29) is 6.61 Å². The molecule has 1 N–H and O–H groups in total. The standard InChI is InChI=1S/C22H20N2O4/c1-2-27-22(26)24(18-12-7-4-8-13-18)19-14-9-15-20(16-19)28-21(25)23-17-10-5-3-6-11-17/h3-16H,2H2,1H3,(H,23,25). The Labute approximate surface area is 163 Å². The van der Waals surface area contributed by atoms with Gasteiger partial charge in [0.1, 0.15) is 5.75 Å². The Hall–Kier alpha value is -3.80. The summed E-state index contributed by atoms with van der Waals surface area (Å²) < 4.78 is 10.5. The van der Waals surface area contributed by atoms with Gasteiger partial charge in [-0.1, -0.05) is 42.5 Å². The van der Waals surface area contributed by atoms with E-state index in [0.29, 0.717) is 22.8 Å². The molecule has 0 bridgehead atoms. The van der Waals surface area contributed by atoms with Gasteiger partial charge in [-0.05, 0) is 43.3 Å². The minimum absolute atomic E-state index is 0.248. The van der Waals surface area contributed by atoms with Crippen LogP contribution in [-0.2, 0) is 4.74 Å². The van der Waals surface area contributed by atoms with E-state index in [1.54, 1.807) is 55.5 Å². The Morgan fingerprint density at radius 2 is 1.50 bits per heavy atom. The van der Waals surface area contributed by atoms with Crippen molar-refractivity contribution in [1.29, 1.82) is 0 Å². The van der Waals surface area contributed by atoms with Crippen molar-refractivity contribution in [3.63, 3.8) is 0 Å². The first-order valence-corrected chi connectivity index (χ1v) is 8.83. The molecule has 3 aromatic carbocycles. The van der Waals surface area contributed by atoms with Gasteiger partial charge in [-0.3, -0.25) is 5.32 Å². The predicted molar refractivity (Wildman–Crippen MR) is 108 cm³/mol. The average Bonchev–Trinajstić information content (AvgIpc) is 2.70. The van der Waals surface area contributed by atoms with E-state index < -0.39 is 12.2 Å². The number of amides is 2. The highest BCUT2D eigenvalue weighted by molar-refractivity contribution is 5.96. The van der Waals surface area contributed by atoms with Crippen LogP contribution in [0.25, 0.3) is 0 Å². The summed E-state index contributed by atoms with van der Waals surface area (Å²) in [7, 11) is 0. The van der Waals surface area contributed by atoms with Crippen molar-refractivity contribution in [2.45, 2.75) is 6.92 Å².